The van der Waals surface area contributed by atoms with Crippen LogP contribution in [0.2, 0.25) is 0 Å². The van der Waals surface area contributed by atoms with Crippen molar-refractivity contribution in [1.82, 2.24) is 14.9 Å². The highest BCUT2D eigenvalue weighted by Gasteiger charge is 2.33. The van der Waals surface area contributed by atoms with Crippen LogP contribution >= 0.6 is 0 Å². The number of aromatic nitrogens is 2. The van der Waals surface area contributed by atoms with Gasteiger partial charge in [0.25, 0.3) is 0 Å². The van der Waals surface area contributed by atoms with E-state index in [4.69, 9.17) is 4.74 Å². The fourth-order valence-electron chi connectivity index (χ4n) is 4.53. The number of fused-ring (bicyclic) bond motifs is 3. The maximum absolute atomic E-state index is 6.02. The molecular formula is C25H25N3O. The molecule has 1 aliphatic rings. The zero-order chi connectivity index (χ0) is 19.6. The Balaban J connectivity index is 1.65. The van der Waals surface area contributed by atoms with E-state index in [1.165, 1.54) is 33.3 Å². The molecule has 2 aromatic heterocycles. The predicted octanol–water partition coefficient (Wildman–Crippen LogP) is 5.11. The lowest BCUT2D eigenvalue weighted by atomic mass is 9.91. The molecule has 4 aromatic rings. The Kier molecular flexibility index (Phi) is 4.78. The van der Waals surface area contributed by atoms with Gasteiger partial charge in [-0.1, -0.05) is 42.5 Å². The van der Waals surface area contributed by atoms with Gasteiger partial charge in [0, 0.05) is 47.6 Å². The number of para-hydroxylation sites is 2. The second-order valence-corrected chi connectivity index (χ2v) is 7.52. The zero-order valence-corrected chi connectivity index (χ0v) is 16.6. The molecular weight excluding hydrogens is 358 g/mol. The molecule has 3 heterocycles. The van der Waals surface area contributed by atoms with Crippen molar-refractivity contribution in [3.8, 4) is 5.75 Å². The van der Waals surface area contributed by atoms with Crippen molar-refractivity contribution >= 4 is 10.9 Å². The minimum absolute atomic E-state index is 0.120. The maximum atomic E-state index is 6.02. The van der Waals surface area contributed by atoms with Crippen molar-refractivity contribution in [3.05, 3.63) is 95.4 Å². The number of rotatable bonds is 5. The summed E-state index contributed by atoms with van der Waals surface area (Å²) in [5.41, 5.74) is 6.36. The normalized spacial score (nSPS) is 16.7. The molecule has 0 aliphatic carbocycles. The van der Waals surface area contributed by atoms with E-state index < -0.39 is 0 Å². The van der Waals surface area contributed by atoms with Crippen LogP contribution in [0.3, 0.4) is 0 Å². The van der Waals surface area contributed by atoms with Gasteiger partial charge in [0.1, 0.15) is 5.75 Å². The van der Waals surface area contributed by atoms with Crippen LogP contribution in [0.5, 0.6) is 5.75 Å². The highest BCUT2D eigenvalue weighted by atomic mass is 16.5. The van der Waals surface area contributed by atoms with E-state index in [1.807, 2.05) is 25.4 Å². The molecule has 0 fully saturated rings. The van der Waals surface area contributed by atoms with Gasteiger partial charge in [-0.15, -0.1) is 0 Å². The molecule has 4 nitrogen and oxygen atoms in total. The number of pyridine rings is 1. The van der Waals surface area contributed by atoms with Crippen LogP contribution in [0.25, 0.3) is 10.9 Å². The van der Waals surface area contributed by atoms with Crippen LogP contribution in [0, 0.1) is 0 Å². The van der Waals surface area contributed by atoms with Crippen LogP contribution in [0.4, 0.5) is 0 Å². The third-order valence-corrected chi connectivity index (χ3v) is 5.76. The van der Waals surface area contributed by atoms with Gasteiger partial charge < -0.3 is 9.72 Å². The SMILES string of the molecule is CCOc1ccccc1[C@H]1c2[nH]c3ccccc3c2CCN1Cc1cccnc1. The van der Waals surface area contributed by atoms with Crippen LogP contribution in [-0.4, -0.2) is 28.0 Å². The summed E-state index contributed by atoms with van der Waals surface area (Å²) >= 11 is 0. The lowest BCUT2D eigenvalue weighted by Crippen LogP contribution is -2.36. The van der Waals surface area contributed by atoms with E-state index in [0.717, 1.165) is 25.3 Å². The molecule has 0 bridgehead atoms. The van der Waals surface area contributed by atoms with Gasteiger partial charge in [-0.25, -0.2) is 0 Å². The van der Waals surface area contributed by atoms with Gasteiger partial charge in [0.15, 0.2) is 0 Å². The average molecular weight is 383 g/mol. The van der Waals surface area contributed by atoms with Crippen LogP contribution in [0.15, 0.2) is 73.1 Å². The smallest absolute Gasteiger partial charge is 0.124 e. The summed E-state index contributed by atoms with van der Waals surface area (Å²) in [6.07, 6.45) is 4.83. The number of hydrogen-bond donors (Lipinski definition) is 1. The molecule has 0 unspecified atom stereocenters. The largest absolute Gasteiger partial charge is 0.494 e. The number of benzene rings is 2. The van der Waals surface area contributed by atoms with Gasteiger partial charge in [-0.3, -0.25) is 9.88 Å². The number of ether oxygens (including phenoxy) is 1. The number of nitrogens with zero attached hydrogens (tertiary/aromatic N) is 2. The summed E-state index contributed by atoms with van der Waals surface area (Å²) in [4.78, 5) is 10.6. The van der Waals surface area contributed by atoms with E-state index >= 15 is 0 Å². The van der Waals surface area contributed by atoms with Gasteiger partial charge in [-0.2, -0.15) is 0 Å². The number of nitrogens with one attached hydrogen (secondary N) is 1. The maximum Gasteiger partial charge on any atom is 0.124 e. The molecule has 5 rings (SSSR count). The molecule has 1 atom stereocenters. The third-order valence-electron chi connectivity index (χ3n) is 5.76. The van der Waals surface area contributed by atoms with Crippen LogP contribution < -0.4 is 4.74 Å². The molecule has 29 heavy (non-hydrogen) atoms. The zero-order valence-electron chi connectivity index (χ0n) is 16.6. The van der Waals surface area contributed by atoms with Crippen LogP contribution in [-0.2, 0) is 13.0 Å². The molecule has 0 spiro atoms. The summed E-state index contributed by atoms with van der Waals surface area (Å²) in [7, 11) is 0. The Morgan fingerprint density at radius 1 is 1.07 bits per heavy atom. The van der Waals surface area contributed by atoms with E-state index in [2.05, 4.69) is 69.5 Å². The van der Waals surface area contributed by atoms with E-state index in [-0.39, 0.29) is 6.04 Å². The minimum atomic E-state index is 0.120. The average Bonchev–Trinajstić information content (AvgIpc) is 3.14. The standard InChI is InChI=1S/C25H25N3O/c1-2-29-23-12-6-4-10-21(23)25-24-20(19-9-3-5-11-22(19)27-24)13-15-28(25)17-18-8-7-14-26-16-18/h3-12,14,16,25,27H,2,13,15,17H2,1H3/t25-/m0/s1. The topological polar surface area (TPSA) is 41.1 Å². The molecule has 4 heteroatoms. The Morgan fingerprint density at radius 2 is 1.93 bits per heavy atom. The number of hydrogen-bond acceptors (Lipinski definition) is 3. The first kappa shape index (κ1) is 18.0. The monoisotopic (exact) mass is 383 g/mol. The molecule has 0 radical (unpaired) electrons. The first-order valence-corrected chi connectivity index (χ1v) is 10.3. The summed E-state index contributed by atoms with van der Waals surface area (Å²) in [5, 5.41) is 1.34. The first-order chi connectivity index (χ1) is 14.3. The highest BCUT2D eigenvalue weighted by molar-refractivity contribution is 5.85. The van der Waals surface area contributed by atoms with E-state index in [1.54, 1.807) is 0 Å². The fraction of sp³-hybridized carbons (Fsp3) is 0.240. The molecule has 1 N–H and O–H groups in total. The summed E-state index contributed by atoms with van der Waals surface area (Å²) < 4.78 is 6.02. The molecule has 146 valence electrons. The Labute approximate surface area is 171 Å². The van der Waals surface area contributed by atoms with Gasteiger partial charge in [-0.05, 0) is 42.7 Å². The Bertz CT molecular complexity index is 1120. The highest BCUT2D eigenvalue weighted by Crippen LogP contribution is 2.41. The van der Waals surface area contributed by atoms with Crippen molar-refractivity contribution in [1.29, 1.82) is 0 Å². The van der Waals surface area contributed by atoms with Crippen molar-refractivity contribution < 1.29 is 4.74 Å². The molecule has 0 saturated heterocycles. The van der Waals surface area contributed by atoms with Gasteiger partial charge >= 0.3 is 0 Å². The van der Waals surface area contributed by atoms with Crippen molar-refractivity contribution in [3.63, 3.8) is 0 Å². The van der Waals surface area contributed by atoms with Crippen molar-refractivity contribution in [2.24, 2.45) is 0 Å². The second kappa shape index (κ2) is 7.72. The van der Waals surface area contributed by atoms with Crippen molar-refractivity contribution in [2.45, 2.75) is 25.9 Å². The first-order valence-electron chi connectivity index (χ1n) is 10.3. The fourth-order valence-corrected chi connectivity index (χ4v) is 4.53. The quantitative estimate of drug-likeness (QED) is 0.521. The van der Waals surface area contributed by atoms with E-state index in [9.17, 15) is 0 Å². The lowest BCUT2D eigenvalue weighted by Gasteiger charge is -2.36. The summed E-state index contributed by atoms with van der Waals surface area (Å²) in [6, 6.07) is 21.3. The molecule has 0 amide bonds. The molecule has 2 aromatic carbocycles. The number of aromatic amines is 1. The van der Waals surface area contributed by atoms with Crippen LogP contribution in [0.1, 0.15) is 35.3 Å². The lowest BCUT2D eigenvalue weighted by molar-refractivity contribution is 0.196. The molecule has 0 saturated carbocycles. The second-order valence-electron chi connectivity index (χ2n) is 7.52. The summed E-state index contributed by atoms with van der Waals surface area (Å²) in [6.45, 7) is 4.55. The Hall–Kier alpha value is -3.11. The van der Waals surface area contributed by atoms with Gasteiger partial charge in [0.05, 0.1) is 12.6 Å². The molecule has 1 aliphatic heterocycles. The number of H-pyrrole nitrogens is 1. The third kappa shape index (κ3) is 3.30. The predicted molar refractivity (Wildman–Crippen MR) is 116 cm³/mol. The van der Waals surface area contributed by atoms with E-state index in [0.29, 0.717) is 6.61 Å². The minimum Gasteiger partial charge on any atom is -0.494 e. The Morgan fingerprint density at radius 3 is 2.79 bits per heavy atom. The van der Waals surface area contributed by atoms with Gasteiger partial charge in [0.2, 0.25) is 0 Å². The summed E-state index contributed by atoms with van der Waals surface area (Å²) in [5.74, 6) is 0.961. The van der Waals surface area contributed by atoms with Crippen molar-refractivity contribution in [2.75, 3.05) is 13.2 Å².